The van der Waals surface area contributed by atoms with E-state index < -0.39 is 0 Å². The summed E-state index contributed by atoms with van der Waals surface area (Å²) in [6.07, 6.45) is 1.67. The molecule has 2 aromatic rings. The molecule has 0 unspecified atom stereocenters. The van der Waals surface area contributed by atoms with Crippen molar-refractivity contribution in [2.45, 2.75) is 19.8 Å². The fourth-order valence-electron chi connectivity index (χ4n) is 1.66. The number of hydrogen-bond donors (Lipinski definition) is 1. The highest BCUT2D eigenvalue weighted by atomic mass is 16.1. The minimum absolute atomic E-state index is 0.0293. The van der Waals surface area contributed by atoms with Crippen molar-refractivity contribution in [2.75, 3.05) is 0 Å². The van der Waals surface area contributed by atoms with E-state index in [0.29, 0.717) is 5.92 Å². The second-order valence-electron chi connectivity index (χ2n) is 4.21. The van der Waals surface area contributed by atoms with E-state index in [1.54, 1.807) is 12.3 Å². The molecule has 0 radical (unpaired) electrons. The van der Waals surface area contributed by atoms with Crippen molar-refractivity contribution >= 4 is 0 Å². The maximum atomic E-state index is 11.2. The third kappa shape index (κ3) is 2.22. The van der Waals surface area contributed by atoms with Gasteiger partial charge in [-0.05, 0) is 17.0 Å². The molecule has 1 aromatic heterocycles. The van der Waals surface area contributed by atoms with Gasteiger partial charge in [0.15, 0.2) is 5.43 Å². The summed E-state index contributed by atoms with van der Waals surface area (Å²) >= 11 is 0. The lowest BCUT2D eigenvalue weighted by molar-refractivity contribution is 0.867. The predicted octanol–water partition coefficient (Wildman–Crippen LogP) is 3.17. The van der Waals surface area contributed by atoms with E-state index in [4.69, 9.17) is 0 Å². The normalized spacial score (nSPS) is 10.7. The smallest absolute Gasteiger partial charge is 0.182 e. The Morgan fingerprint density at radius 2 is 1.75 bits per heavy atom. The van der Waals surface area contributed by atoms with Gasteiger partial charge in [0.2, 0.25) is 0 Å². The van der Waals surface area contributed by atoms with Crippen LogP contribution in [-0.2, 0) is 0 Å². The first-order chi connectivity index (χ1) is 7.66. The van der Waals surface area contributed by atoms with Gasteiger partial charge in [-0.2, -0.15) is 0 Å². The molecule has 2 heteroatoms. The molecule has 1 heterocycles. The summed E-state index contributed by atoms with van der Waals surface area (Å²) in [4.78, 5) is 14.3. The number of H-pyrrole nitrogens is 1. The number of hydrogen-bond acceptors (Lipinski definition) is 1. The van der Waals surface area contributed by atoms with Crippen molar-refractivity contribution in [2.24, 2.45) is 0 Å². The Morgan fingerprint density at radius 1 is 1.06 bits per heavy atom. The first-order valence-corrected chi connectivity index (χ1v) is 5.46. The molecule has 0 aliphatic rings. The van der Waals surface area contributed by atoms with Crippen molar-refractivity contribution < 1.29 is 0 Å². The van der Waals surface area contributed by atoms with Crippen molar-refractivity contribution in [3.8, 4) is 11.3 Å². The van der Waals surface area contributed by atoms with Crippen LogP contribution >= 0.6 is 0 Å². The van der Waals surface area contributed by atoms with Gasteiger partial charge in [0, 0.05) is 24.0 Å². The molecule has 0 spiro atoms. The van der Waals surface area contributed by atoms with E-state index in [2.05, 4.69) is 31.0 Å². The lowest BCUT2D eigenvalue weighted by Gasteiger charge is -2.06. The SMILES string of the molecule is CC(C)c1ccc(-c2cc(=O)cc[nH]2)cc1. The van der Waals surface area contributed by atoms with Crippen LogP contribution in [0.2, 0.25) is 0 Å². The summed E-state index contributed by atoms with van der Waals surface area (Å²) in [6.45, 7) is 4.33. The number of rotatable bonds is 2. The average Bonchev–Trinajstić information content (AvgIpc) is 2.29. The van der Waals surface area contributed by atoms with Crippen LogP contribution in [0.4, 0.5) is 0 Å². The van der Waals surface area contributed by atoms with E-state index in [9.17, 15) is 4.79 Å². The fraction of sp³-hybridized carbons (Fsp3) is 0.214. The molecular formula is C14H15NO. The molecule has 82 valence electrons. The Balaban J connectivity index is 2.38. The van der Waals surface area contributed by atoms with Crippen LogP contribution < -0.4 is 5.43 Å². The minimum Gasteiger partial charge on any atom is -0.361 e. The van der Waals surface area contributed by atoms with Crippen LogP contribution in [-0.4, -0.2) is 4.98 Å². The van der Waals surface area contributed by atoms with E-state index in [0.717, 1.165) is 11.3 Å². The summed E-state index contributed by atoms with van der Waals surface area (Å²) in [5.41, 5.74) is 3.24. The number of pyridine rings is 1. The van der Waals surface area contributed by atoms with Gasteiger partial charge in [-0.3, -0.25) is 4.79 Å². The van der Waals surface area contributed by atoms with E-state index >= 15 is 0 Å². The highest BCUT2D eigenvalue weighted by Gasteiger charge is 2.01. The molecule has 2 nitrogen and oxygen atoms in total. The van der Waals surface area contributed by atoms with Gasteiger partial charge in [0.1, 0.15) is 0 Å². The van der Waals surface area contributed by atoms with Crippen molar-refractivity contribution in [3.05, 3.63) is 58.4 Å². The molecule has 1 aromatic carbocycles. The van der Waals surface area contributed by atoms with Gasteiger partial charge in [-0.15, -0.1) is 0 Å². The Morgan fingerprint density at radius 3 is 2.31 bits per heavy atom. The number of nitrogens with one attached hydrogen (secondary N) is 1. The third-order valence-electron chi connectivity index (χ3n) is 2.66. The topological polar surface area (TPSA) is 32.9 Å². The van der Waals surface area contributed by atoms with Crippen LogP contribution in [0.25, 0.3) is 11.3 Å². The van der Waals surface area contributed by atoms with E-state index in [1.807, 2.05) is 12.1 Å². The highest BCUT2D eigenvalue weighted by Crippen LogP contribution is 2.19. The Kier molecular flexibility index (Phi) is 2.91. The zero-order valence-corrected chi connectivity index (χ0v) is 9.53. The number of aromatic amines is 1. The van der Waals surface area contributed by atoms with Crippen LogP contribution in [0.5, 0.6) is 0 Å². The third-order valence-corrected chi connectivity index (χ3v) is 2.66. The van der Waals surface area contributed by atoms with Crippen LogP contribution in [0.1, 0.15) is 25.3 Å². The van der Waals surface area contributed by atoms with E-state index in [1.165, 1.54) is 11.6 Å². The maximum Gasteiger partial charge on any atom is 0.182 e. The Hall–Kier alpha value is -1.83. The zero-order valence-electron chi connectivity index (χ0n) is 9.53. The zero-order chi connectivity index (χ0) is 11.5. The quantitative estimate of drug-likeness (QED) is 0.816. The van der Waals surface area contributed by atoms with Crippen LogP contribution in [0, 0.1) is 0 Å². The molecule has 16 heavy (non-hydrogen) atoms. The highest BCUT2D eigenvalue weighted by molar-refractivity contribution is 5.59. The first kappa shape index (κ1) is 10.7. The minimum atomic E-state index is 0.0293. The lowest BCUT2D eigenvalue weighted by atomic mass is 10.0. The fourth-order valence-corrected chi connectivity index (χ4v) is 1.66. The average molecular weight is 213 g/mol. The van der Waals surface area contributed by atoms with Crippen LogP contribution in [0.3, 0.4) is 0 Å². The summed E-state index contributed by atoms with van der Waals surface area (Å²) in [5, 5.41) is 0. The van der Waals surface area contributed by atoms with Crippen LogP contribution in [0.15, 0.2) is 47.4 Å². The van der Waals surface area contributed by atoms with Crippen molar-refractivity contribution in [1.29, 1.82) is 0 Å². The molecule has 0 aliphatic carbocycles. The molecule has 0 fully saturated rings. The molecule has 0 atom stereocenters. The van der Waals surface area contributed by atoms with Gasteiger partial charge in [-0.1, -0.05) is 38.1 Å². The molecule has 0 aliphatic heterocycles. The van der Waals surface area contributed by atoms with Gasteiger partial charge in [-0.25, -0.2) is 0 Å². The second kappa shape index (κ2) is 4.35. The number of benzene rings is 1. The largest absolute Gasteiger partial charge is 0.361 e. The molecule has 0 amide bonds. The predicted molar refractivity (Wildman–Crippen MR) is 66.6 cm³/mol. The van der Waals surface area contributed by atoms with E-state index in [-0.39, 0.29) is 5.43 Å². The molecule has 2 rings (SSSR count). The van der Waals surface area contributed by atoms with Crippen molar-refractivity contribution in [3.63, 3.8) is 0 Å². The standard InChI is InChI=1S/C14H15NO/c1-10(2)11-3-5-12(6-4-11)14-9-13(16)7-8-15-14/h3-10H,1-2H3,(H,15,16). The van der Waals surface area contributed by atoms with Gasteiger partial charge in [0.25, 0.3) is 0 Å². The first-order valence-electron chi connectivity index (χ1n) is 5.46. The summed E-state index contributed by atoms with van der Waals surface area (Å²) in [7, 11) is 0. The molecule has 0 bridgehead atoms. The van der Waals surface area contributed by atoms with Gasteiger partial charge in [0.05, 0.1) is 0 Å². The lowest BCUT2D eigenvalue weighted by Crippen LogP contribution is -1.98. The van der Waals surface area contributed by atoms with Gasteiger partial charge >= 0.3 is 0 Å². The molecule has 0 saturated heterocycles. The molecular weight excluding hydrogens is 198 g/mol. The van der Waals surface area contributed by atoms with Gasteiger partial charge < -0.3 is 4.98 Å². The Bertz CT molecular complexity index is 523. The summed E-state index contributed by atoms with van der Waals surface area (Å²) < 4.78 is 0. The second-order valence-corrected chi connectivity index (χ2v) is 4.21. The monoisotopic (exact) mass is 213 g/mol. The maximum absolute atomic E-state index is 11.2. The van der Waals surface area contributed by atoms with Crippen molar-refractivity contribution in [1.82, 2.24) is 4.98 Å². The Labute approximate surface area is 95.0 Å². The summed E-state index contributed by atoms with van der Waals surface area (Å²) in [5.74, 6) is 0.531. The number of aromatic nitrogens is 1. The molecule has 1 N–H and O–H groups in total. The summed E-state index contributed by atoms with van der Waals surface area (Å²) in [6, 6.07) is 11.4. The molecule has 0 saturated carbocycles.